The fourth-order valence-electron chi connectivity index (χ4n) is 2.60. The lowest BCUT2D eigenvalue weighted by molar-refractivity contribution is -0.116. The first kappa shape index (κ1) is 17.9. The van der Waals surface area contributed by atoms with Crippen LogP contribution in [0.1, 0.15) is 12.8 Å². The zero-order valence-corrected chi connectivity index (χ0v) is 14.3. The molecule has 1 amide bonds. The van der Waals surface area contributed by atoms with E-state index < -0.39 is 17.1 Å². The molecule has 0 aliphatic rings. The van der Waals surface area contributed by atoms with E-state index in [0.29, 0.717) is 23.0 Å². The summed E-state index contributed by atoms with van der Waals surface area (Å²) < 4.78 is 14.2. The molecule has 1 heterocycles. The summed E-state index contributed by atoms with van der Waals surface area (Å²) in [6, 6.07) is 10.6. The number of aromatic nitrogens is 2. The molecule has 2 N–H and O–H groups in total. The summed E-state index contributed by atoms with van der Waals surface area (Å²) in [5, 5.41) is 2.92. The number of halogens is 2. The van der Waals surface area contributed by atoms with Crippen LogP contribution >= 0.6 is 11.6 Å². The van der Waals surface area contributed by atoms with Gasteiger partial charge < -0.3 is 10.3 Å². The van der Waals surface area contributed by atoms with Crippen molar-refractivity contribution >= 4 is 34.1 Å². The second kappa shape index (κ2) is 7.53. The highest BCUT2D eigenvalue weighted by Crippen LogP contribution is 2.19. The Bertz CT molecular complexity index is 1090. The fraction of sp³-hybridized carbons (Fsp3) is 0.167. The van der Waals surface area contributed by atoms with Crippen LogP contribution in [0.25, 0.3) is 10.9 Å². The molecule has 0 unspecified atom stereocenters. The number of fused-ring (bicyclic) bond motifs is 1. The van der Waals surface area contributed by atoms with Gasteiger partial charge in [-0.2, -0.15) is 0 Å². The van der Waals surface area contributed by atoms with Gasteiger partial charge in [0.15, 0.2) is 0 Å². The van der Waals surface area contributed by atoms with Gasteiger partial charge in [0.25, 0.3) is 5.56 Å². The molecule has 134 valence electrons. The Hall–Kier alpha value is -2.93. The Morgan fingerprint density at radius 1 is 1.19 bits per heavy atom. The number of anilines is 1. The number of hydrogen-bond donors (Lipinski definition) is 2. The van der Waals surface area contributed by atoms with E-state index in [0.717, 1.165) is 10.6 Å². The van der Waals surface area contributed by atoms with Gasteiger partial charge in [-0.15, -0.1) is 0 Å². The van der Waals surface area contributed by atoms with Crippen LogP contribution in [-0.4, -0.2) is 15.5 Å². The van der Waals surface area contributed by atoms with Gasteiger partial charge in [-0.05, 0) is 36.8 Å². The van der Waals surface area contributed by atoms with Crippen LogP contribution in [0.15, 0.2) is 52.1 Å². The van der Waals surface area contributed by atoms with Crippen molar-refractivity contribution in [2.45, 2.75) is 19.4 Å². The topological polar surface area (TPSA) is 84.0 Å². The second-order valence-corrected chi connectivity index (χ2v) is 6.12. The fourth-order valence-corrected chi connectivity index (χ4v) is 2.78. The number of rotatable bonds is 5. The molecule has 3 aromatic rings. The van der Waals surface area contributed by atoms with Crippen LogP contribution in [0.5, 0.6) is 0 Å². The maximum atomic E-state index is 13.1. The van der Waals surface area contributed by atoms with E-state index in [4.69, 9.17) is 11.6 Å². The summed E-state index contributed by atoms with van der Waals surface area (Å²) in [5.41, 5.74) is -0.0544. The maximum Gasteiger partial charge on any atom is 0.328 e. The van der Waals surface area contributed by atoms with Crippen LogP contribution in [0.4, 0.5) is 10.1 Å². The van der Waals surface area contributed by atoms with Crippen molar-refractivity contribution in [1.82, 2.24) is 9.55 Å². The van der Waals surface area contributed by atoms with E-state index in [1.54, 1.807) is 24.3 Å². The third-order valence-electron chi connectivity index (χ3n) is 3.88. The van der Waals surface area contributed by atoms with Gasteiger partial charge >= 0.3 is 5.69 Å². The van der Waals surface area contributed by atoms with Gasteiger partial charge in [-0.3, -0.25) is 14.2 Å². The lowest BCUT2D eigenvalue weighted by atomic mass is 10.2. The highest BCUT2D eigenvalue weighted by atomic mass is 35.5. The lowest BCUT2D eigenvalue weighted by Gasteiger charge is -2.08. The Morgan fingerprint density at radius 2 is 1.96 bits per heavy atom. The van der Waals surface area contributed by atoms with Gasteiger partial charge in [0.2, 0.25) is 5.91 Å². The van der Waals surface area contributed by atoms with Crippen LogP contribution in [0.3, 0.4) is 0 Å². The number of aromatic amines is 1. The first-order valence-electron chi connectivity index (χ1n) is 7.92. The van der Waals surface area contributed by atoms with Crippen molar-refractivity contribution in [2.24, 2.45) is 0 Å². The second-order valence-electron chi connectivity index (χ2n) is 5.71. The molecule has 1 aromatic heterocycles. The number of H-pyrrole nitrogens is 1. The molecule has 0 spiro atoms. The molecule has 0 aliphatic heterocycles. The minimum absolute atomic E-state index is 0.0861. The molecule has 0 fully saturated rings. The molecule has 2 aromatic carbocycles. The van der Waals surface area contributed by atoms with E-state index in [1.807, 2.05) is 0 Å². The zero-order valence-electron chi connectivity index (χ0n) is 13.6. The maximum absolute atomic E-state index is 13.1. The number of hydrogen-bond acceptors (Lipinski definition) is 3. The smallest absolute Gasteiger partial charge is 0.326 e. The summed E-state index contributed by atoms with van der Waals surface area (Å²) in [4.78, 5) is 39.0. The van der Waals surface area contributed by atoms with Gasteiger partial charge in [0.05, 0.1) is 15.9 Å². The molecule has 6 nitrogen and oxygen atoms in total. The van der Waals surface area contributed by atoms with Crippen molar-refractivity contribution in [2.75, 3.05) is 5.32 Å². The predicted octanol–water partition coefficient (Wildman–Crippen LogP) is 2.90. The number of para-hydroxylation sites is 1. The average molecular weight is 376 g/mol. The number of amides is 1. The largest absolute Gasteiger partial charge is 0.328 e. The molecule has 26 heavy (non-hydrogen) atoms. The molecule has 0 aliphatic carbocycles. The van der Waals surface area contributed by atoms with Crippen molar-refractivity contribution < 1.29 is 9.18 Å². The molecule has 8 heteroatoms. The number of nitrogens with one attached hydrogen (secondary N) is 2. The van der Waals surface area contributed by atoms with Crippen molar-refractivity contribution in [3.63, 3.8) is 0 Å². The Labute approximate surface area is 152 Å². The molecule has 0 saturated carbocycles. The quantitative estimate of drug-likeness (QED) is 0.719. The molecule has 0 saturated heterocycles. The van der Waals surface area contributed by atoms with E-state index in [2.05, 4.69) is 10.3 Å². The molecule has 0 atom stereocenters. The first-order valence-corrected chi connectivity index (χ1v) is 8.30. The number of nitrogens with zero attached hydrogens (tertiary/aromatic N) is 1. The summed E-state index contributed by atoms with van der Waals surface area (Å²) in [7, 11) is 0. The summed E-state index contributed by atoms with van der Waals surface area (Å²) in [6.07, 6.45) is 0.385. The third kappa shape index (κ3) is 3.83. The van der Waals surface area contributed by atoms with Crippen molar-refractivity contribution in [3.8, 4) is 0 Å². The molecule has 0 bridgehead atoms. The molecule has 0 radical (unpaired) electrons. The third-order valence-corrected chi connectivity index (χ3v) is 4.17. The standard InChI is InChI=1S/C18H15ClFN3O3/c19-13-10-11(7-8-14(13)20)21-16(24)6-3-9-23-17(25)12-4-1-2-5-15(12)22-18(23)26/h1-2,4-5,7-8,10H,3,6,9H2,(H,21,24)(H,22,26). The van der Waals surface area contributed by atoms with Gasteiger partial charge in [-0.1, -0.05) is 23.7 Å². The van der Waals surface area contributed by atoms with E-state index in [1.165, 1.54) is 12.1 Å². The van der Waals surface area contributed by atoms with Crippen LogP contribution in [-0.2, 0) is 11.3 Å². The Kier molecular flexibility index (Phi) is 5.18. The highest BCUT2D eigenvalue weighted by Gasteiger charge is 2.09. The highest BCUT2D eigenvalue weighted by molar-refractivity contribution is 6.31. The van der Waals surface area contributed by atoms with Gasteiger partial charge in [0.1, 0.15) is 5.82 Å². The van der Waals surface area contributed by atoms with Crippen LogP contribution < -0.4 is 16.6 Å². The van der Waals surface area contributed by atoms with Crippen LogP contribution in [0.2, 0.25) is 5.02 Å². The van der Waals surface area contributed by atoms with Crippen molar-refractivity contribution in [1.29, 1.82) is 0 Å². The van der Waals surface area contributed by atoms with Gasteiger partial charge in [-0.25, -0.2) is 9.18 Å². The predicted molar refractivity (Wildman–Crippen MR) is 98.1 cm³/mol. The normalized spacial score (nSPS) is 10.8. The molecular formula is C18H15ClFN3O3. The minimum atomic E-state index is -0.570. The monoisotopic (exact) mass is 375 g/mol. The first-order chi connectivity index (χ1) is 12.5. The summed E-state index contributed by atoms with van der Waals surface area (Å²) >= 11 is 5.66. The van der Waals surface area contributed by atoms with Crippen molar-refractivity contribution in [3.05, 3.63) is 74.1 Å². The SMILES string of the molecule is O=C(CCCn1c(=O)[nH]c2ccccc2c1=O)Nc1ccc(F)c(Cl)c1. The molecular weight excluding hydrogens is 361 g/mol. The molecule has 3 rings (SSSR count). The average Bonchev–Trinajstić information content (AvgIpc) is 2.61. The zero-order chi connectivity index (χ0) is 18.7. The Balaban J connectivity index is 1.65. The minimum Gasteiger partial charge on any atom is -0.326 e. The summed E-state index contributed by atoms with van der Waals surface area (Å²) in [5.74, 6) is -0.891. The van der Waals surface area contributed by atoms with E-state index in [9.17, 15) is 18.8 Å². The summed E-state index contributed by atoms with van der Waals surface area (Å²) in [6.45, 7) is 0.108. The lowest BCUT2D eigenvalue weighted by Crippen LogP contribution is -2.35. The number of benzene rings is 2. The number of carbonyl (C=O) groups is 1. The van der Waals surface area contributed by atoms with Crippen LogP contribution in [0, 0.1) is 5.82 Å². The van der Waals surface area contributed by atoms with E-state index >= 15 is 0 Å². The number of carbonyl (C=O) groups excluding carboxylic acids is 1. The Morgan fingerprint density at radius 3 is 2.73 bits per heavy atom. The van der Waals surface area contributed by atoms with E-state index in [-0.39, 0.29) is 23.9 Å². The van der Waals surface area contributed by atoms with Gasteiger partial charge in [0, 0.05) is 18.7 Å².